The molecule has 2 amide bonds. The Morgan fingerprint density at radius 1 is 0.962 bits per heavy atom. The minimum absolute atomic E-state index is 0.189. The second-order valence-electron chi connectivity index (χ2n) is 5.36. The van der Waals surface area contributed by atoms with Gasteiger partial charge in [0, 0.05) is 16.1 Å². The van der Waals surface area contributed by atoms with E-state index in [-0.39, 0.29) is 5.56 Å². The molecule has 3 aromatic rings. The Kier molecular flexibility index (Phi) is 5.25. The van der Waals surface area contributed by atoms with Crippen LogP contribution in [-0.2, 0) is 0 Å². The minimum atomic E-state index is -0.569. The molecular formula is C18H13Cl2N3O3. The maximum Gasteiger partial charge on any atom is 0.275 e. The first-order chi connectivity index (χ1) is 12.5. The van der Waals surface area contributed by atoms with Crippen LogP contribution in [-0.4, -0.2) is 17.0 Å². The SMILES string of the molecule is Cc1onc(-c2ccccc2Cl)c1C(=O)NNC(=O)c1ccc(Cl)cc1. The Bertz CT molecular complexity index is 968. The van der Waals surface area contributed by atoms with Crippen molar-refractivity contribution in [2.24, 2.45) is 0 Å². The molecule has 0 saturated carbocycles. The number of aromatic nitrogens is 1. The van der Waals surface area contributed by atoms with Gasteiger partial charge >= 0.3 is 0 Å². The van der Waals surface area contributed by atoms with Crippen molar-refractivity contribution in [1.29, 1.82) is 0 Å². The molecule has 1 heterocycles. The molecule has 0 saturated heterocycles. The van der Waals surface area contributed by atoms with Crippen molar-refractivity contribution in [3.8, 4) is 11.3 Å². The minimum Gasteiger partial charge on any atom is -0.360 e. The second kappa shape index (κ2) is 7.59. The number of halogens is 2. The van der Waals surface area contributed by atoms with Crippen LogP contribution < -0.4 is 10.9 Å². The number of nitrogens with one attached hydrogen (secondary N) is 2. The highest BCUT2D eigenvalue weighted by Crippen LogP contribution is 2.30. The molecule has 2 aromatic carbocycles. The zero-order valence-electron chi connectivity index (χ0n) is 13.5. The molecular weight excluding hydrogens is 377 g/mol. The Balaban J connectivity index is 1.79. The van der Waals surface area contributed by atoms with Crippen LogP contribution in [0.25, 0.3) is 11.3 Å². The molecule has 6 nitrogen and oxygen atoms in total. The number of hydrazine groups is 1. The summed E-state index contributed by atoms with van der Waals surface area (Å²) >= 11 is 12.0. The van der Waals surface area contributed by atoms with Gasteiger partial charge in [-0.2, -0.15) is 0 Å². The van der Waals surface area contributed by atoms with Crippen molar-refractivity contribution in [2.75, 3.05) is 0 Å². The molecule has 0 bridgehead atoms. The molecule has 0 fully saturated rings. The lowest BCUT2D eigenvalue weighted by Crippen LogP contribution is -2.41. The van der Waals surface area contributed by atoms with Gasteiger partial charge in [0.2, 0.25) is 0 Å². The van der Waals surface area contributed by atoms with Gasteiger partial charge < -0.3 is 4.52 Å². The summed E-state index contributed by atoms with van der Waals surface area (Å²) in [6.07, 6.45) is 0. The van der Waals surface area contributed by atoms with E-state index >= 15 is 0 Å². The fourth-order valence-corrected chi connectivity index (χ4v) is 2.68. The Labute approximate surface area is 159 Å². The summed E-state index contributed by atoms with van der Waals surface area (Å²) in [5.74, 6) is -0.748. The van der Waals surface area contributed by atoms with E-state index in [1.807, 2.05) is 0 Å². The summed E-state index contributed by atoms with van der Waals surface area (Å²) in [4.78, 5) is 24.6. The number of hydrogen-bond acceptors (Lipinski definition) is 4. The highest BCUT2D eigenvalue weighted by molar-refractivity contribution is 6.33. The van der Waals surface area contributed by atoms with Crippen LogP contribution in [0.4, 0.5) is 0 Å². The molecule has 0 unspecified atom stereocenters. The smallest absolute Gasteiger partial charge is 0.275 e. The number of amides is 2. The molecule has 2 N–H and O–H groups in total. The third kappa shape index (κ3) is 3.71. The van der Waals surface area contributed by atoms with E-state index in [1.165, 1.54) is 0 Å². The van der Waals surface area contributed by atoms with Crippen LogP contribution in [0.3, 0.4) is 0 Å². The van der Waals surface area contributed by atoms with Gasteiger partial charge in [-0.1, -0.05) is 46.6 Å². The van der Waals surface area contributed by atoms with Crippen LogP contribution in [0.2, 0.25) is 10.0 Å². The average Bonchev–Trinajstić information content (AvgIpc) is 3.02. The monoisotopic (exact) mass is 389 g/mol. The summed E-state index contributed by atoms with van der Waals surface area (Å²) in [5, 5.41) is 4.86. The van der Waals surface area contributed by atoms with E-state index in [2.05, 4.69) is 16.0 Å². The van der Waals surface area contributed by atoms with Gasteiger partial charge in [-0.25, -0.2) is 0 Å². The first-order valence-corrected chi connectivity index (χ1v) is 8.30. The summed E-state index contributed by atoms with van der Waals surface area (Å²) in [6, 6.07) is 13.2. The molecule has 8 heteroatoms. The molecule has 26 heavy (non-hydrogen) atoms. The molecule has 0 radical (unpaired) electrons. The Hall–Kier alpha value is -2.83. The highest BCUT2D eigenvalue weighted by atomic mass is 35.5. The molecule has 0 aliphatic heterocycles. The quantitative estimate of drug-likeness (QED) is 0.662. The van der Waals surface area contributed by atoms with E-state index < -0.39 is 11.8 Å². The van der Waals surface area contributed by atoms with Crippen LogP contribution >= 0.6 is 23.2 Å². The van der Waals surface area contributed by atoms with Crippen molar-refractivity contribution in [3.05, 3.63) is 75.5 Å². The van der Waals surface area contributed by atoms with Crippen LogP contribution in [0, 0.1) is 6.92 Å². The van der Waals surface area contributed by atoms with E-state index in [0.717, 1.165) is 0 Å². The van der Waals surface area contributed by atoms with Gasteiger partial charge in [0.15, 0.2) is 0 Å². The second-order valence-corrected chi connectivity index (χ2v) is 6.20. The third-order valence-corrected chi connectivity index (χ3v) is 4.20. The number of carbonyl (C=O) groups excluding carboxylic acids is 2. The zero-order valence-corrected chi connectivity index (χ0v) is 15.1. The number of rotatable bonds is 3. The van der Waals surface area contributed by atoms with Crippen LogP contribution in [0.5, 0.6) is 0 Å². The maximum atomic E-state index is 12.5. The van der Waals surface area contributed by atoms with Crippen LogP contribution in [0.15, 0.2) is 53.1 Å². The van der Waals surface area contributed by atoms with E-state index in [4.69, 9.17) is 27.7 Å². The standard InChI is InChI=1S/C18H13Cl2N3O3/c1-10-15(16(23-26-10)13-4-2-3-5-14(13)20)18(25)22-21-17(24)11-6-8-12(19)9-7-11/h2-9H,1H3,(H,21,24)(H,22,25). The maximum absolute atomic E-state index is 12.5. The molecule has 3 rings (SSSR count). The van der Waals surface area contributed by atoms with Gasteiger partial charge in [-0.05, 0) is 37.3 Å². The van der Waals surface area contributed by atoms with Crippen LogP contribution in [0.1, 0.15) is 26.5 Å². The van der Waals surface area contributed by atoms with Gasteiger partial charge in [-0.15, -0.1) is 0 Å². The molecule has 0 aliphatic rings. The zero-order chi connectivity index (χ0) is 18.7. The van der Waals surface area contributed by atoms with Crippen molar-refractivity contribution in [3.63, 3.8) is 0 Å². The average molecular weight is 390 g/mol. The lowest BCUT2D eigenvalue weighted by molar-refractivity contribution is 0.0846. The highest BCUT2D eigenvalue weighted by Gasteiger charge is 2.23. The van der Waals surface area contributed by atoms with Crippen molar-refractivity contribution < 1.29 is 14.1 Å². The van der Waals surface area contributed by atoms with Gasteiger partial charge in [0.1, 0.15) is 17.0 Å². The number of hydrogen-bond donors (Lipinski definition) is 2. The molecule has 1 aromatic heterocycles. The Morgan fingerprint density at radius 2 is 1.62 bits per heavy atom. The van der Waals surface area contributed by atoms with E-state index in [0.29, 0.717) is 32.6 Å². The molecule has 132 valence electrons. The summed E-state index contributed by atoms with van der Waals surface area (Å²) in [6.45, 7) is 1.60. The predicted molar refractivity (Wildman–Crippen MR) is 98.1 cm³/mol. The van der Waals surface area contributed by atoms with Crippen molar-refractivity contribution in [2.45, 2.75) is 6.92 Å². The van der Waals surface area contributed by atoms with Crippen molar-refractivity contribution in [1.82, 2.24) is 16.0 Å². The predicted octanol–water partition coefficient (Wildman–Crippen LogP) is 4.03. The fraction of sp³-hybridized carbons (Fsp3) is 0.0556. The topological polar surface area (TPSA) is 84.2 Å². The lowest BCUT2D eigenvalue weighted by Gasteiger charge is -2.08. The van der Waals surface area contributed by atoms with Crippen molar-refractivity contribution >= 4 is 35.0 Å². The first kappa shape index (κ1) is 18.0. The fourth-order valence-electron chi connectivity index (χ4n) is 2.33. The summed E-state index contributed by atoms with van der Waals surface area (Å²) in [5.41, 5.74) is 6.09. The number of benzene rings is 2. The normalized spacial score (nSPS) is 10.4. The molecule has 0 atom stereocenters. The molecule has 0 spiro atoms. The molecule has 0 aliphatic carbocycles. The Morgan fingerprint density at radius 3 is 2.31 bits per heavy atom. The van der Waals surface area contributed by atoms with E-state index in [9.17, 15) is 9.59 Å². The third-order valence-electron chi connectivity index (χ3n) is 3.61. The summed E-state index contributed by atoms with van der Waals surface area (Å²) < 4.78 is 5.13. The lowest BCUT2D eigenvalue weighted by atomic mass is 10.1. The first-order valence-electron chi connectivity index (χ1n) is 7.55. The van der Waals surface area contributed by atoms with Gasteiger partial charge in [0.25, 0.3) is 11.8 Å². The summed E-state index contributed by atoms with van der Waals surface area (Å²) in [7, 11) is 0. The van der Waals surface area contributed by atoms with Gasteiger partial charge in [0.05, 0.1) is 5.02 Å². The number of nitrogens with zero attached hydrogens (tertiary/aromatic N) is 1. The number of carbonyl (C=O) groups is 2. The number of aryl methyl sites for hydroxylation is 1. The largest absolute Gasteiger partial charge is 0.360 e. The van der Waals surface area contributed by atoms with E-state index in [1.54, 1.807) is 55.5 Å². The van der Waals surface area contributed by atoms with Gasteiger partial charge in [-0.3, -0.25) is 20.4 Å².